The molecule has 0 saturated heterocycles. The molecule has 5 heteroatoms. The fourth-order valence-corrected chi connectivity index (χ4v) is 1.84. The molecule has 80 valence electrons. The fraction of sp³-hybridized carbons (Fsp3) is 0.778. The van der Waals surface area contributed by atoms with E-state index in [9.17, 15) is 9.59 Å². The van der Waals surface area contributed by atoms with Gasteiger partial charge in [-0.25, -0.2) is 4.79 Å². The van der Waals surface area contributed by atoms with Crippen LogP contribution in [0.15, 0.2) is 0 Å². The molecule has 0 aliphatic heterocycles. The molecule has 1 aliphatic rings. The van der Waals surface area contributed by atoms with Crippen molar-refractivity contribution in [3.05, 3.63) is 0 Å². The zero-order valence-corrected chi connectivity index (χ0v) is 8.25. The van der Waals surface area contributed by atoms with E-state index in [1.165, 1.54) is 6.92 Å². The molecular weight excluding hydrogens is 184 g/mol. The molecule has 0 heterocycles. The van der Waals surface area contributed by atoms with Crippen molar-refractivity contribution in [2.45, 2.75) is 44.7 Å². The Morgan fingerprint density at radius 3 is 1.86 bits per heavy atom. The Bertz CT molecular complexity index is 198. The first-order valence-corrected chi connectivity index (χ1v) is 4.84. The molecule has 0 radical (unpaired) electrons. The van der Waals surface area contributed by atoms with E-state index < -0.39 is 6.09 Å². The number of hydrogen-bond donors (Lipinski definition) is 3. The molecule has 1 saturated carbocycles. The lowest BCUT2D eigenvalue weighted by Crippen LogP contribution is -2.42. The summed E-state index contributed by atoms with van der Waals surface area (Å²) in [5.74, 6) is -0.0142. The lowest BCUT2D eigenvalue weighted by Gasteiger charge is -2.28. The quantitative estimate of drug-likeness (QED) is 0.614. The molecule has 0 atom stereocenters. The van der Waals surface area contributed by atoms with Gasteiger partial charge >= 0.3 is 6.09 Å². The van der Waals surface area contributed by atoms with Crippen LogP contribution >= 0.6 is 0 Å². The van der Waals surface area contributed by atoms with Crippen LogP contribution in [-0.4, -0.2) is 29.2 Å². The number of carbonyl (C=O) groups excluding carboxylic acids is 1. The highest BCUT2D eigenvalue weighted by Crippen LogP contribution is 2.18. The molecule has 1 fully saturated rings. The molecule has 2 amide bonds. The maximum Gasteiger partial charge on any atom is 0.404 e. The van der Waals surface area contributed by atoms with Crippen LogP contribution in [0.1, 0.15) is 32.6 Å². The predicted molar refractivity (Wildman–Crippen MR) is 51.0 cm³/mol. The fourth-order valence-electron chi connectivity index (χ4n) is 1.84. The second-order valence-electron chi connectivity index (χ2n) is 3.70. The van der Waals surface area contributed by atoms with Crippen molar-refractivity contribution in [3.8, 4) is 0 Å². The van der Waals surface area contributed by atoms with E-state index in [1.54, 1.807) is 0 Å². The molecule has 1 rings (SSSR count). The lowest BCUT2D eigenvalue weighted by molar-refractivity contribution is -0.119. The molecule has 5 nitrogen and oxygen atoms in total. The molecule has 1 aliphatic carbocycles. The lowest BCUT2D eigenvalue weighted by atomic mass is 9.91. The molecule has 14 heavy (non-hydrogen) atoms. The van der Waals surface area contributed by atoms with E-state index in [0.717, 1.165) is 25.7 Å². The molecule has 0 aromatic carbocycles. The summed E-state index contributed by atoms with van der Waals surface area (Å²) in [4.78, 5) is 21.1. The highest BCUT2D eigenvalue weighted by Gasteiger charge is 2.22. The van der Waals surface area contributed by atoms with E-state index in [1.807, 2.05) is 0 Å². The van der Waals surface area contributed by atoms with Crippen LogP contribution in [0.5, 0.6) is 0 Å². The standard InChI is InChI=1S/C9H16N2O3/c1-6(12)10-7-2-4-8(5-3-7)11-9(13)14/h7-8,11H,2-5H2,1H3,(H,10,12)(H,13,14). The second kappa shape index (κ2) is 4.83. The Hall–Kier alpha value is -1.26. The van der Waals surface area contributed by atoms with Gasteiger partial charge in [-0.2, -0.15) is 0 Å². The average Bonchev–Trinajstić information content (AvgIpc) is 2.06. The minimum atomic E-state index is -0.965. The van der Waals surface area contributed by atoms with E-state index in [2.05, 4.69) is 10.6 Å². The van der Waals surface area contributed by atoms with Gasteiger partial charge in [0, 0.05) is 19.0 Å². The van der Waals surface area contributed by atoms with Gasteiger partial charge in [0.15, 0.2) is 0 Å². The van der Waals surface area contributed by atoms with Crippen molar-refractivity contribution in [2.24, 2.45) is 0 Å². The summed E-state index contributed by atoms with van der Waals surface area (Å²) in [7, 11) is 0. The molecule has 0 aromatic heterocycles. The first kappa shape index (κ1) is 10.8. The zero-order chi connectivity index (χ0) is 10.6. The second-order valence-corrected chi connectivity index (χ2v) is 3.70. The van der Waals surface area contributed by atoms with Gasteiger partial charge in [0.25, 0.3) is 0 Å². The van der Waals surface area contributed by atoms with E-state index in [-0.39, 0.29) is 18.0 Å². The van der Waals surface area contributed by atoms with Crippen LogP contribution in [0.3, 0.4) is 0 Å². The molecule has 0 aromatic rings. The summed E-state index contributed by atoms with van der Waals surface area (Å²) in [6.07, 6.45) is 2.34. The van der Waals surface area contributed by atoms with E-state index >= 15 is 0 Å². The number of nitrogens with one attached hydrogen (secondary N) is 2. The van der Waals surface area contributed by atoms with Gasteiger partial charge in [0.05, 0.1) is 0 Å². The predicted octanol–water partition coefficient (Wildman–Crippen LogP) is 0.701. The number of amides is 2. The third-order valence-electron chi connectivity index (χ3n) is 2.46. The largest absolute Gasteiger partial charge is 0.465 e. The minimum Gasteiger partial charge on any atom is -0.465 e. The first-order chi connectivity index (χ1) is 6.58. The van der Waals surface area contributed by atoms with Crippen molar-refractivity contribution in [2.75, 3.05) is 0 Å². The van der Waals surface area contributed by atoms with Gasteiger partial charge in [0.2, 0.25) is 5.91 Å². The Kier molecular flexibility index (Phi) is 3.73. The van der Waals surface area contributed by atoms with Crippen LogP contribution in [-0.2, 0) is 4.79 Å². The van der Waals surface area contributed by atoms with Crippen molar-refractivity contribution >= 4 is 12.0 Å². The van der Waals surface area contributed by atoms with Gasteiger partial charge in [-0.3, -0.25) is 4.79 Å². The molecule has 0 spiro atoms. The van der Waals surface area contributed by atoms with Gasteiger partial charge in [0.1, 0.15) is 0 Å². The van der Waals surface area contributed by atoms with Crippen LogP contribution < -0.4 is 10.6 Å². The minimum absolute atomic E-state index is 0.0142. The Balaban J connectivity index is 2.24. The van der Waals surface area contributed by atoms with Gasteiger partial charge in [-0.05, 0) is 25.7 Å². The maximum absolute atomic E-state index is 10.8. The monoisotopic (exact) mass is 200 g/mol. The SMILES string of the molecule is CC(=O)NC1CCC(NC(=O)O)CC1. The van der Waals surface area contributed by atoms with Crippen molar-refractivity contribution in [1.29, 1.82) is 0 Å². The summed E-state index contributed by atoms with van der Waals surface area (Å²) in [6.45, 7) is 1.50. The first-order valence-electron chi connectivity index (χ1n) is 4.84. The Labute approximate surface area is 82.9 Å². The average molecular weight is 200 g/mol. The maximum atomic E-state index is 10.8. The zero-order valence-electron chi connectivity index (χ0n) is 8.25. The van der Waals surface area contributed by atoms with Crippen LogP contribution in [0.2, 0.25) is 0 Å². The van der Waals surface area contributed by atoms with E-state index in [0.29, 0.717) is 0 Å². The van der Waals surface area contributed by atoms with Crippen LogP contribution in [0.4, 0.5) is 4.79 Å². The van der Waals surface area contributed by atoms with Gasteiger partial charge < -0.3 is 15.7 Å². The summed E-state index contributed by atoms with van der Waals surface area (Å²) in [5, 5.41) is 13.8. The summed E-state index contributed by atoms with van der Waals surface area (Å²) >= 11 is 0. The van der Waals surface area contributed by atoms with Gasteiger partial charge in [-0.1, -0.05) is 0 Å². The smallest absolute Gasteiger partial charge is 0.404 e. The van der Waals surface area contributed by atoms with Crippen LogP contribution in [0, 0.1) is 0 Å². The molecule has 0 unspecified atom stereocenters. The summed E-state index contributed by atoms with van der Waals surface area (Å²) < 4.78 is 0. The van der Waals surface area contributed by atoms with Crippen molar-refractivity contribution in [3.63, 3.8) is 0 Å². The Morgan fingerprint density at radius 1 is 1.07 bits per heavy atom. The number of hydrogen-bond acceptors (Lipinski definition) is 2. The summed E-state index contributed by atoms with van der Waals surface area (Å²) in [5.41, 5.74) is 0. The van der Waals surface area contributed by atoms with E-state index in [4.69, 9.17) is 5.11 Å². The topological polar surface area (TPSA) is 78.4 Å². The van der Waals surface area contributed by atoms with Gasteiger partial charge in [-0.15, -0.1) is 0 Å². The third-order valence-corrected chi connectivity index (χ3v) is 2.46. The number of carbonyl (C=O) groups is 2. The highest BCUT2D eigenvalue weighted by atomic mass is 16.4. The number of carboxylic acid groups (broad SMARTS) is 1. The number of rotatable bonds is 2. The van der Waals surface area contributed by atoms with Crippen molar-refractivity contribution in [1.82, 2.24) is 10.6 Å². The van der Waals surface area contributed by atoms with Crippen LogP contribution in [0.25, 0.3) is 0 Å². The molecule has 3 N–H and O–H groups in total. The summed E-state index contributed by atoms with van der Waals surface area (Å²) in [6, 6.07) is 0.275. The molecular formula is C9H16N2O3. The van der Waals surface area contributed by atoms with Crippen molar-refractivity contribution < 1.29 is 14.7 Å². The molecule has 0 bridgehead atoms. The highest BCUT2D eigenvalue weighted by molar-refractivity contribution is 5.73. The normalized spacial score (nSPS) is 26.6. The third kappa shape index (κ3) is 3.64. The Morgan fingerprint density at radius 2 is 1.50 bits per heavy atom.